The van der Waals surface area contributed by atoms with E-state index in [-0.39, 0.29) is 12.2 Å². The van der Waals surface area contributed by atoms with E-state index in [0.717, 1.165) is 5.56 Å². The van der Waals surface area contributed by atoms with Gasteiger partial charge in [0.1, 0.15) is 0 Å². The van der Waals surface area contributed by atoms with Gasteiger partial charge in [0.05, 0.1) is 6.33 Å². The Morgan fingerprint density at radius 1 is 1.39 bits per heavy atom. The summed E-state index contributed by atoms with van der Waals surface area (Å²) in [5.41, 5.74) is 1.14. The maximum absolute atomic E-state index is 11.7. The fourth-order valence-electron chi connectivity index (χ4n) is 1.69. The lowest BCUT2D eigenvalue weighted by Crippen LogP contribution is -2.13. The number of rotatable bonds is 5. The topological polar surface area (TPSA) is 44.1 Å². The molecule has 0 bridgehead atoms. The highest BCUT2D eigenvalue weighted by Gasteiger charge is 2.10. The van der Waals surface area contributed by atoms with E-state index in [1.807, 2.05) is 37.3 Å². The Morgan fingerprint density at radius 3 is 2.83 bits per heavy atom. The smallest absolute Gasteiger partial charge is 0.308 e. The van der Waals surface area contributed by atoms with Gasteiger partial charge in [-0.25, -0.2) is 4.98 Å². The van der Waals surface area contributed by atoms with Crippen molar-refractivity contribution in [2.75, 3.05) is 0 Å². The van der Waals surface area contributed by atoms with Gasteiger partial charge in [0.15, 0.2) is 6.23 Å². The number of imidazole rings is 1. The third-order valence-corrected chi connectivity index (χ3v) is 2.71. The number of esters is 1. The van der Waals surface area contributed by atoms with Crippen LogP contribution in [-0.2, 0) is 16.0 Å². The summed E-state index contributed by atoms with van der Waals surface area (Å²) in [6.07, 6.45) is 5.86. The largest absolute Gasteiger partial charge is 0.441 e. The maximum atomic E-state index is 11.7. The molecule has 4 heteroatoms. The van der Waals surface area contributed by atoms with Crippen molar-refractivity contribution >= 4 is 5.97 Å². The minimum Gasteiger partial charge on any atom is -0.441 e. The zero-order valence-electron chi connectivity index (χ0n) is 10.3. The number of aryl methyl sites for hydroxylation is 1. The molecule has 1 aromatic heterocycles. The zero-order chi connectivity index (χ0) is 12.8. The SMILES string of the molecule is CC(OC(=O)CCc1ccccc1)n1ccnc1. The Labute approximate surface area is 106 Å². The van der Waals surface area contributed by atoms with E-state index in [0.29, 0.717) is 12.8 Å². The molecule has 1 atom stereocenters. The fraction of sp³-hybridized carbons (Fsp3) is 0.286. The number of nitrogens with zero attached hydrogens (tertiary/aromatic N) is 2. The Bertz CT molecular complexity index is 480. The lowest BCUT2D eigenvalue weighted by atomic mass is 10.1. The van der Waals surface area contributed by atoms with Crippen LogP contribution in [0.25, 0.3) is 0 Å². The minimum absolute atomic E-state index is 0.194. The summed E-state index contributed by atoms with van der Waals surface area (Å²) in [5.74, 6) is -0.194. The number of hydrogen-bond donors (Lipinski definition) is 0. The molecule has 0 spiro atoms. The van der Waals surface area contributed by atoms with Crippen molar-refractivity contribution in [1.29, 1.82) is 0 Å². The quantitative estimate of drug-likeness (QED) is 0.759. The summed E-state index contributed by atoms with van der Waals surface area (Å²) in [6.45, 7) is 1.82. The van der Waals surface area contributed by atoms with Gasteiger partial charge >= 0.3 is 5.97 Å². The molecule has 1 unspecified atom stereocenters. The molecular formula is C14H16N2O2. The van der Waals surface area contributed by atoms with Crippen LogP contribution in [0.15, 0.2) is 49.1 Å². The van der Waals surface area contributed by atoms with Crippen molar-refractivity contribution in [2.24, 2.45) is 0 Å². The minimum atomic E-state index is -0.309. The molecule has 18 heavy (non-hydrogen) atoms. The van der Waals surface area contributed by atoms with Crippen molar-refractivity contribution in [3.63, 3.8) is 0 Å². The summed E-state index contributed by atoms with van der Waals surface area (Å²) in [7, 11) is 0. The van der Waals surface area contributed by atoms with E-state index in [2.05, 4.69) is 4.98 Å². The molecule has 4 nitrogen and oxygen atoms in total. The standard InChI is InChI=1S/C14H16N2O2/c1-12(16-10-9-15-11-16)18-14(17)8-7-13-5-3-2-4-6-13/h2-6,9-12H,7-8H2,1H3. The third-order valence-electron chi connectivity index (χ3n) is 2.71. The van der Waals surface area contributed by atoms with E-state index in [4.69, 9.17) is 4.74 Å². The maximum Gasteiger partial charge on any atom is 0.308 e. The van der Waals surface area contributed by atoms with Crippen molar-refractivity contribution in [2.45, 2.75) is 26.0 Å². The van der Waals surface area contributed by atoms with Gasteiger partial charge in [-0.15, -0.1) is 0 Å². The molecule has 1 aromatic carbocycles. The molecule has 0 saturated heterocycles. The lowest BCUT2D eigenvalue weighted by Gasteiger charge is -2.14. The van der Waals surface area contributed by atoms with Gasteiger partial charge in [-0.05, 0) is 18.9 Å². The number of aromatic nitrogens is 2. The van der Waals surface area contributed by atoms with E-state index in [1.165, 1.54) is 0 Å². The molecule has 0 aliphatic carbocycles. The molecule has 0 amide bonds. The van der Waals surface area contributed by atoms with Crippen LogP contribution in [-0.4, -0.2) is 15.5 Å². The van der Waals surface area contributed by atoms with Crippen LogP contribution in [0.1, 0.15) is 25.1 Å². The number of carbonyl (C=O) groups excluding carboxylic acids is 1. The third kappa shape index (κ3) is 3.45. The second kappa shape index (κ2) is 6.00. The van der Waals surface area contributed by atoms with Crippen LogP contribution in [0, 0.1) is 0 Å². The molecule has 2 rings (SSSR count). The Kier molecular flexibility index (Phi) is 4.12. The molecule has 1 heterocycles. The van der Waals surface area contributed by atoms with Crippen molar-refractivity contribution in [1.82, 2.24) is 9.55 Å². The van der Waals surface area contributed by atoms with Crippen LogP contribution in [0.4, 0.5) is 0 Å². The van der Waals surface area contributed by atoms with E-state index < -0.39 is 0 Å². The zero-order valence-corrected chi connectivity index (χ0v) is 10.3. The van der Waals surface area contributed by atoms with Crippen molar-refractivity contribution in [3.8, 4) is 0 Å². The Morgan fingerprint density at radius 2 is 2.17 bits per heavy atom. The molecule has 0 aliphatic heterocycles. The number of hydrogen-bond acceptors (Lipinski definition) is 3. The number of carbonyl (C=O) groups is 1. The van der Waals surface area contributed by atoms with E-state index in [9.17, 15) is 4.79 Å². The van der Waals surface area contributed by atoms with Crippen molar-refractivity contribution < 1.29 is 9.53 Å². The molecule has 94 valence electrons. The molecule has 0 aliphatic rings. The molecule has 2 aromatic rings. The van der Waals surface area contributed by atoms with Gasteiger partial charge in [-0.2, -0.15) is 0 Å². The van der Waals surface area contributed by atoms with Gasteiger partial charge < -0.3 is 9.30 Å². The first-order valence-corrected chi connectivity index (χ1v) is 5.96. The summed E-state index contributed by atoms with van der Waals surface area (Å²) in [6, 6.07) is 9.91. The summed E-state index contributed by atoms with van der Waals surface area (Å²) in [4.78, 5) is 15.6. The predicted molar refractivity (Wildman–Crippen MR) is 67.8 cm³/mol. The lowest BCUT2D eigenvalue weighted by molar-refractivity contribution is -0.152. The second-order valence-electron chi connectivity index (χ2n) is 4.08. The van der Waals surface area contributed by atoms with Crippen LogP contribution in [0.2, 0.25) is 0 Å². The highest BCUT2D eigenvalue weighted by Crippen LogP contribution is 2.09. The molecule has 0 saturated carbocycles. The second-order valence-corrected chi connectivity index (χ2v) is 4.08. The summed E-state index contributed by atoms with van der Waals surface area (Å²) in [5, 5.41) is 0. The van der Waals surface area contributed by atoms with Gasteiger partial charge in [0.2, 0.25) is 0 Å². The fourth-order valence-corrected chi connectivity index (χ4v) is 1.69. The van der Waals surface area contributed by atoms with Gasteiger partial charge in [0.25, 0.3) is 0 Å². The highest BCUT2D eigenvalue weighted by atomic mass is 16.6. The number of benzene rings is 1. The first kappa shape index (κ1) is 12.4. The highest BCUT2D eigenvalue weighted by molar-refractivity contribution is 5.69. The first-order chi connectivity index (χ1) is 8.75. The molecule has 0 fully saturated rings. The summed E-state index contributed by atoms with van der Waals surface area (Å²) < 4.78 is 7.05. The van der Waals surface area contributed by atoms with Crippen LogP contribution in [0.3, 0.4) is 0 Å². The Hall–Kier alpha value is -2.10. The van der Waals surface area contributed by atoms with Crippen LogP contribution < -0.4 is 0 Å². The summed E-state index contributed by atoms with van der Waals surface area (Å²) >= 11 is 0. The van der Waals surface area contributed by atoms with Crippen LogP contribution >= 0.6 is 0 Å². The first-order valence-electron chi connectivity index (χ1n) is 5.96. The van der Waals surface area contributed by atoms with Crippen LogP contribution in [0.5, 0.6) is 0 Å². The van der Waals surface area contributed by atoms with Gasteiger partial charge in [-0.1, -0.05) is 30.3 Å². The van der Waals surface area contributed by atoms with E-state index >= 15 is 0 Å². The average molecular weight is 244 g/mol. The van der Waals surface area contributed by atoms with Gasteiger partial charge in [-0.3, -0.25) is 4.79 Å². The normalized spacial score (nSPS) is 12.1. The molecule has 0 N–H and O–H groups in total. The molecule has 0 radical (unpaired) electrons. The van der Waals surface area contributed by atoms with Crippen molar-refractivity contribution in [3.05, 3.63) is 54.6 Å². The number of ether oxygens (including phenoxy) is 1. The molecular weight excluding hydrogens is 228 g/mol. The van der Waals surface area contributed by atoms with Gasteiger partial charge in [0, 0.05) is 18.8 Å². The average Bonchev–Trinajstić information content (AvgIpc) is 2.91. The predicted octanol–water partition coefficient (Wildman–Crippen LogP) is 2.58. The monoisotopic (exact) mass is 244 g/mol. The Balaban J connectivity index is 1.79. The van der Waals surface area contributed by atoms with E-state index in [1.54, 1.807) is 23.3 Å².